The van der Waals surface area contributed by atoms with Crippen molar-refractivity contribution < 1.29 is 14.3 Å². The molecule has 1 saturated heterocycles. The first kappa shape index (κ1) is 22.2. The summed E-state index contributed by atoms with van der Waals surface area (Å²) < 4.78 is 5.19. The number of aromatic nitrogens is 3. The van der Waals surface area contributed by atoms with Gasteiger partial charge in [0.05, 0.1) is 40.2 Å². The molecule has 1 aliphatic rings. The Labute approximate surface area is 201 Å². The fourth-order valence-electron chi connectivity index (χ4n) is 4.12. The predicted molar refractivity (Wildman–Crippen MR) is 131 cm³/mol. The van der Waals surface area contributed by atoms with Crippen molar-refractivity contribution in [3.05, 3.63) is 59.4 Å². The second-order valence-corrected chi connectivity index (χ2v) is 8.66. The van der Waals surface area contributed by atoms with E-state index in [2.05, 4.69) is 9.97 Å². The van der Waals surface area contributed by atoms with Crippen molar-refractivity contribution in [3.63, 3.8) is 0 Å². The van der Waals surface area contributed by atoms with Crippen molar-refractivity contribution in [1.82, 2.24) is 24.8 Å². The molecule has 8 nitrogen and oxygen atoms in total. The summed E-state index contributed by atoms with van der Waals surface area (Å²) >= 11 is 6.57. The first-order valence-electron chi connectivity index (χ1n) is 11.3. The maximum atomic E-state index is 13.2. The van der Waals surface area contributed by atoms with Gasteiger partial charge in [-0.2, -0.15) is 0 Å². The van der Waals surface area contributed by atoms with Crippen LogP contribution in [-0.2, 0) is 4.74 Å². The number of carbonyl (C=O) groups is 2. The van der Waals surface area contributed by atoms with E-state index in [9.17, 15) is 9.59 Å². The van der Waals surface area contributed by atoms with Crippen molar-refractivity contribution in [2.75, 3.05) is 32.8 Å². The average Bonchev–Trinajstić information content (AvgIpc) is 3.34. The standard InChI is InChI=1S/C25H24ClN5O3/c1-2-11-34-25(33)31-9-7-30(8-10-31)24(32)17-3-5-18-19(26)14-21(29-22(18)13-17)16-4-6-20-23(12-16)28-15-27-20/h3-6,12-15H,2,7-11H2,1H3,(H,27,28). The molecule has 0 radical (unpaired) electrons. The summed E-state index contributed by atoms with van der Waals surface area (Å²) in [5, 5.41) is 1.36. The monoisotopic (exact) mass is 477 g/mol. The molecule has 9 heteroatoms. The number of H-pyrrole nitrogens is 1. The fraction of sp³-hybridized carbons (Fsp3) is 0.280. The highest BCUT2D eigenvalue weighted by molar-refractivity contribution is 6.35. The molecular weight excluding hydrogens is 454 g/mol. The molecule has 3 heterocycles. The van der Waals surface area contributed by atoms with Crippen molar-refractivity contribution in [3.8, 4) is 11.3 Å². The highest BCUT2D eigenvalue weighted by Gasteiger charge is 2.26. The van der Waals surface area contributed by atoms with Crippen LogP contribution in [-0.4, -0.2) is 69.5 Å². The van der Waals surface area contributed by atoms with Gasteiger partial charge in [-0.15, -0.1) is 0 Å². The molecule has 1 aliphatic heterocycles. The number of halogens is 1. The third-order valence-electron chi connectivity index (χ3n) is 5.98. The molecule has 0 atom stereocenters. The summed E-state index contributed by atoms with van der Waals surface area (Å²) in [6.07, 6.45) is 2.12. The van der Waals surface area contributed by atoms with Gasteiger partial charge in [0.15, 0.2) is 0 Å². The number of piperazine rings is 1. The van der Waals surface area contributed by atoms with Crippen LogP contribution in [0.25, 0.3) is 33.2 Å². The Bertz CT molecular complexity index is 1380. The van der Waals surface area contributed by atoms with Crippen LogP contribution in [0.2, 0.25) is 5.02 Å². The van der Waals surface area contributed by atoms with Crippen LogP contribution in [0.4, 0.5) is 4.79 Å². The Morgan fingerprint density at radius 3 is 2.62 bits per heavy atom. The number of fused-ring (bicyclic) bond motifs is 2. The second kappa shape index (κ2) is 9.30. The number of hydrogen-bond acceptors (Lipinski definition) is 5. The van der Waals surface area contributed by atoms with E-state index in [4.69, 9.17) is 21.3 Å². The Balaban J connectivity index is 1.37. The lowest BCUT2D eigenvalue weighted by molar-refractivity contribution is 0.0560. The first-order valence-corrected chi connectivity index (χ1v) is 11.7. The summed E-state index contributed by atoms with van der Waals surface area (Å²) in [5.41, 5.74) is 4.61. The maximum Gasteiger partial charge on any atom is 0.409 e. The number of nitrogens with zero attached hydrogens (tertiary/aromatic N) is 4. The first-order chi connectivity index (χ1) is 16.5. The minimum atomic E-state index is -0.320. The van der Waals surface area contributed by atoms with Gasteiger partial charge < -0.3 is 19.5 Å². The van der Waals surface area contributed by atoms with Gasteiger partial charge >= 0.3 is 6.09 Å². The Kier molecular flexibility index (Phi) is 6.06. The zero-order valence-electron chi connectivity index (χ0n) is 18.8. The molecule has 174 valence electrons. The minimum Gasteiger partial charge on any atom is -0.449 e. The van der Waals surface area contributed by atoms with Crippen LogP contribution in [0.15, 0.2) is 48.8 Å². The molecule has 1 fully saturated rings. The van der Waals surface area contributed by atoms with E-state index in [-0.39, 0.29) is 12.0 Å². The normalized spacial score (nSPS) is 14.1. The Morgan fingerprint density at radius 1 is 1.03 bits per heavy atom. The van der Waals surface area contributed by atoms with E-state index in [1.807, 2.05) is 37.3 Å². The number of carbonyl (C=O) groups excluding carboxylic acids is 2. The minimum absolute atomic E-state index is 0.0920. The largest absolute Gasteiger partial charge is 0.449 e. The number of rotatable bonds is 4. The lowest BCUT2D eigenvalue weighted by Gasteiger charge is -2.34. The second-order valence-electron chi connectivity index (χ2n) is 8.25. The zero-order valence-corrected chi connectivity index (χ0v) is 19.5. The Morgan fingerprint density at radius 2 is 1.82 bits per heavy atom. The summed E-state index contributed by atoms with van der Waals surface area (Å²) in [4.78, 5) is 40.8. The molecule has 5 rings (SSSR count). The lowest BCUT2D eigenvalue weighted by atomic mass is 10.1. The third kappa shape index (κ3) is 4.28. The van der Waals surface area contributed by atoms with E-state index >= 15 is 0 Å². The summed E-state index contributed by atoms with van der Waals surface area (Å²) in [5.74, 6) is -0.0920. The van der Waals surface area contributed by atoms with E-state index in [0.717, 1.165) is 34.1 Å². The zero-order chi connectivity index (χ0) is 23.7. The third-order valence-corrected chi connectivity index (χ3v) is 6.29. The van der Waals surface area contributed by atoms with Crippen LogP contribution in [0, 0.1) is 0 Å². The summed E-state index contributed by atoms with van der Waals surface area (Å²) in [6, 6.07) is 13.1. The molecule has 1 N–H and O–H groups in total. The molecule has 34 heavy (non-hydrogen) atoms. The van der Waals surface area contributed by atoms with E-state index in [0.29, 0.717) is 48.9 Å². The van der Waals surface area contributed by atoms with Gasteiger partial charge in [0.25, 0.3) is 5.91 Å². The molecular formula is C25H24ClN5O3. The van der Waals surface area contributed by atoms with Crippen LogP contribution >= 0.6 is 11.6 Å². The lowest BCUT2D eigenvalue weighted by Crippen LogP contribution is -2.50. The van der Waals surface area contributed by atoms with E-state index in [1.54, 1.807) is 28.3 Å². The molecule has 2 amide bonds. The molecule has 0 bridgehead atoms. The molecule has 0 spiro atoms. The number of pyridine rings is 1. The van der Waals surface area contributed by atoms with Crippen LogP contribution in [0.3, 0.4) is 0 Å². The molecule has 0 saturated carbocycles. The van der Waals surface area contributed by atoms with E-state index in [1.165, 1.54) is 0 Å². The molecule has 2 aromatic carbocycles. The SMILES string of the molecule is CCCOC(=O)N1CCN(C(=O)c2ccc3c(Cl)cc(-c4ccc5nc[nH]c5c4)nc3c2)CC1. The van der Waals surface area contributed by atoms with Crippen LogP contribution < -0.4 is 0 Å². The predicted octanol–water partition coefficient (Wildman–Crippen LogP) is 4.74. The summed E-state index contributed by atoms with van der Waals surface area (Å²) in [6.45, 7) is 4.17. The molecule has 0 unspecified atom stereocenters. The van der Waals surface area contributed by atoms with Gasteiger partial charge in [0.2, 0.25) is 0 Å². The van der Waals surface area contributed by atoms with Gasteiger partial charge in [-0.05, 0) is 36.8 Å². The Hall–Kier alpha value is -3.65. The summed E-state index contributed by atoms with van der Waals surface area (Å²) in [7, 11) is 0. The van der Waals surface area contributed by atoms with Crippen molar-refractivity contribution >= 4 is 45.5 Å². The van der Waals surface area contributed by atoms with Gasteiger partial charge in [-0.1, -0.05) is 30.7 Å². The van der Waals surface area contributed by atoms with Crippen molar-refractivity contribution in [2.45, 2.75) is 13.3 Å². The number of hydrogen-bond donors (Lipinski definition) is 1. The highest BCUT2D eigenvalue weighted by atomic mass is 35.5. The molecule has 0 aliphatic carbocycles. The van der Waals surface area contributed by atoms with Crippen LogP contribution in [0.1, 0.15) is 23.7 Å². The number of aromatic amines is 1. The quantitative estimate of drug-likeness (QED) is 0.458. The molecule has 2 aromatic heterocycles. The van der Waals surface area contributed by atoms with Gasteiger partial charge in [-0.25, -0.2) is 14.8 Å². The number of nitrogens with one attached hydrogen (secondary N) is 1. The van der Waals surface area contributed by atoms with E-state index < -0.39 is 0 Å². The van der Waals surface area contributed by atoms with Gasteiger partial charge in [0.1, 0.15) is 0 Å². The number of ether oxygens (including phenoxy) is 1. The molecule has 4 aromatic rings. The van der Waals surface area contributed by atoms with Gasteiger partial charge in [0, 0.05) is 42.7 Å². The van der Waals surface area contributed by atoms with Crippen molar-refractivity contribution in [2.24, 2.45) is 0 Å². The van der Waals surface area contributed by atoms with Crippen molar-refractivity contribution in [1.29, 1.82) is 0 Å². The smallest absolute Gasteiger partial charge is 0.409 e. The number of imidazole rings is 1. The van der Waals surface area contributed by atoms with Crippen LogP contribution in [0.5, 0.6) is 0 Å². The highest BCUT2D eigenvalue weighted by Crippen LogP contribution is 2.30. The average molecular weight is 478 g/mol. The van der Waals surface area contributed by atoms with Gasteiger partial charge in [-0.3, -0.25) is 4.79 Å². The number of benzene rings is 2. The fourth-order valence-corrected chi connectivity index (χ4v) is 4.38. The maximum absolute atomic E-state index is 13.2. The number of amides is 2. The topological polar surface area (TPSA) is 91.4 Å².